The minimum atomic E-state index is 0.703. The zero-order valence-corrected chi connectivity index (χ0v) is 21.6. The molecule has 6 aromatic rings. The molecule has 0 atom stereocenters. The average Bonchev–Trinajstić information content (AvgIpc) is 2.99. The van der Waals surface area contributed by atoms with E-state index in [1.54, 1.807) is 0 Å². The van der Waals surface area contributed by atoms with Crippen molar-refractivity contribution in [2.75, 3.05) is 5.32 Å². The van der Waals surface area contributed by atoms with Gasteiger partial charge in [0.15, 0.2) is 0 Å². The van der Waals surface area contributed by atoms with Crippen molar-refractivity contribution >= 4 is 23.0 Å². The summed E-state index contributed by atoms with van der Waals surface area (Å²) < 4.78 is 0. The normalized spacial score (nSPS) is 10.8. The summed E-state index contributed by atoms with van der Waals surface area (Å²) in [5.41, 5.74) is 11.1. The minimum Gasteiger partial charge on any atom is -0.355 e. The Balaban J connectivity index is 1.47. The fraction of sp³-hybridized carbons (Fsp3) is 0. The predicted molar refractivity (Wildman–Crippen MR) is 163 cm³/mol. The van der Waals surface area contributed by atoms with Gasteiger partial charge in [0.25, 0.3) is 0 Å². The highest BCUT2D eigenvalue weighted by atomic mass is 35.5. The molecule has 0 unspecified atom stereocenters. The SMILES string of the molecule is Clc1cc(-c2ccccc2)c(Nc2ccc(-c3ccccc3)cc2)c(-c2cccc(-c3ccccc3)c2)c1. The molecule has 6 rings (SSSR count). The van der Waals surface area contributed by atoms with Gasteiger partial charge in [-0.3, -0.25) is 0 Å². The lowest BCUT2D eigenvalue weighted by atomic mass is 9.93. The van der Waals surface area contributed by atoms with Crippen LogP contribution < -0.4 is 5.32 Å². The molecule has 0 amide bonds. The van der Waals surface area contributed by atoms with E-state index in [0.717, 1.165) is 33.6 Å². The van der Waals surface area contributed by atoms with Crippen LogP contribution >= 0.6 is 11.6 Å². The highest BCUT2D eigenvalue weighted by Gasteiger charge is 2.15. The van der Waals surface area contributed by atoms with Gasteiger partial charge in [0.2, 0.25) is 0 Å². The summed E-state index contributed by atoms with van der Waals surface area (Å²) in [5, 5.41) is 4.45. The lowest BCUT2D eigenvalue weighted by Gasteiger charge is -2.19. The number of halogens is 1. The van der Waals surface area contributed by atoms with Crippen LogP contribution in [0, 0.1) is 0 Å². The Labute approximate surface area is 229 Å². The molecule has 0 radical (unpaired) electrons. The summed E-state index contributed by atoms with van der Waals surface area (Å²) in [6.45, 7) is 0. The van der Waals surface area contributed by atoms with Gasteiger partial charge >= 0.3 is 0 Å². The third-order valence-electron chi connectivity index (χ3n) is 6.73. The van der Waals surface area contributed by atoms with Crippen molar-refractivity contribution < 1.29 is 0 Å². The van der Waals surface area contributed by atoms with E-state index in [2.05, 4.69) is 133 Å². The van der Waals surface area contributed by atoms with Crippen LogP contribution in [0.2, 0.25) is 5.02 Å². The van der Waals surface area contributed by atoms with E-state index < -0.39 is 0 Å². The van der Waals surface area contributed by atoms with Crippen LogP contribution in [0.4, 0.5) is 11.4 Å². The van der Waals surface area contributed by atoms with Crippen molar-refractivity contribution in [1.29, 1.82) is 0 Å². The van der Waals surface area contributed by atoms with Gasteiger partial charge in [0, 0.05) is 21.8 Å². The molecule has 0 spiro atoms. The van der Waals surface area contributed by atoms with Gasteiger partial charge in [-0.05, 0) is 63.7 Å². The van der Waals surface area contributed by atoms with Crippen LogP contribution in [-0.2, 0) is 0 Å². The van der Waals surface area contributed by atoms with E-state index in [1.807, 2.05) is 24.3 Å². The van der Waals surface area contributed by atoms with Crippen molar-refractivity contribution in [3.8, 4) is 44.5 Å². The Morgan fingerprint density at radius 1 is 0.368 bits per heavy atom. The summed E-state index contributed by atoms with van der Waals surface area (Å²) in [6, 6.07) is 52.6. The van der Waals surface area contributed by atoms with Crippen LogP contribution in [-0.4, -0.2) is 0 Å². The first kappa shape index (κ1) is 23.8. The number of nitrogens with one attached hydrogen (secondary N) is 1. The predicted octanol–water partition coefficient (Wildman–Crippen LogP) is 10.8. The Hall–Kier alpha value is -4.59. The minimum absolute atomic E-state index is 0.703. The van der Waals surface area contributed by atoms with Gasteiger partial charge in [-0.1, -0.05) is 133 Å². The molecule has 6 aromatic carbocycles. The molecule has 0 fully saturated rings. The smallest absolute Gasteiger partial charge is 0.0544 e. The van der Waals surface area contributed by atoms with Crippen molar-refractivity contribution in [2.24, 2.45) is 0 Å². The topological polar surface area (TPSA) is 12.0 Å². The van der Waals surface area contributed by atoms with Crippen LogP contribution in [0.5, 0.6) is 0 Å². The lowest BCUT2D eigenvalue weighted by molar-refractivity contribution is 1.51. The van der Waals surface area contributed by atoms with Gasteiger partial charge in [0.1, 0.15) is 0 Å². The second-order valence-corrected chi connectivity index (χ2v) is 9.69. The van der Waals surface area contributed by atoms with E-state index >= 15 is 0 Å². The van der Waals surface area contributed by atoms with Gasteiger partial charge in [-0.2, -0.15) is 0 Å². The molecule has 0 bridgehead atoms. The summed E-state index contributed by atoms with van der Waals surface area (Å²) in [5.74, 6) is 0. The molecule has 0 aliphatic heterocycles. The Morgan fingerprint density at radius 2 is 0.816 bits per heavy atom. The average molecular weight is 508 g/mol. The van der Waals surface area contributed by atoms with Gasteiger partial charge in [-0.15, -0.1) is 0 Å². The number of anilines is 2. The van der Waals surface area contributed by atoms with Crippen LogP contribution in [0.15, 0.2) is 152 Å². The van der Waals surface area contributed by atoms with E-state index in [-0.39, 0.29) is 0 Å². The molecule has 1 nitrogen and oxygen atoms in total. The molecule has 0 aliphatic rings. The first-order valence-electron chi connectivity index (χ1n) is 12.7. The Kier molecular flexibility index (Phi) is 6.76. The number of hydrogen-bond donors (Lipinski definition) is 1. The van der Waals surface area contributed by atoms with E-state index in [1.165, 1.54) is 22.3 Å². The third kappa shape index (κ3) is 5.11. The zero-order valence-electron chi connectivity index (χ0n) is 20.8. The van der Waals surface area contributed by atoms with Crippen LogP contribution in [0.1, 0.15) is 0 Å². The molecule has 2 heteroatoms. The summed E-state index contributed by atoms with van der Waals surface area (Å²) in [6.07, 6.45) is 0. The molecular weight excluding hydrogens is 482 g/mol. The van der Waals surface area contributed by atoms with Crippen LogP contribution in [0.25, 0.3) is 44.5 Å². The van der Waals surface area contributed by atoms with Gasteiger partial charge < -0.3 is 5.32 Å². The Bertz CT molecular complexity index is 1660. The highest BCUT2D eigenvalue weighted by molar-refractivity contribution is 6.31. The van der Waals surface area contributed by atoms with Crippen molar-refractivity contribution in [1.82, 2.24) is 0 Å². The van der Waals surface area contributed by atoms with E-state index in [4.69, 9.17) is 11.6 Å². The fourth-order valence-corrected chi connectivity index (χ4v) is 5.05. The number of benzene rings is 6. The molecule has 38 heavy (non-hydrogen) atoms. The molecule has 0 aliphatic carbocycles. The number of hydrogen-bond acceptors (Lipinski definition) is 1. The van der Waals surface area contributed by atoms with Crippen molar-refractivity contribution in [3.63, 3.8) is 0 Å². The highest BCUT2D eigenvalue weighted by Crippen LogP contribution is 2.42. The maximum Gasteiger partial charge on any atom is 0.0544 e. The maximum atomic E-state index is 6.74. The molecule has 182 valence electrons. The zero-order chi connectivity index (χ0) is 25.7. The third-order valence-corrected chi connectivity index (χ3v) is 6.95. The standard InChI is InChI=1S/C36H26ClN/c37-32-24-34(29-15-8-3-9-16-29)36(38-33-21-19-28(20-22-33)26-11-4-1-5-12-26)35(25-32)31-18-10-17-30(23-31)27-13-6-2-7-14-27/h1-25,38H. The second-order valence-electron chi connectivity index (χ2n) is 9.26. The first-order valence-corrected chi connectivity index (χ1v) is 13.1. The number of rotatable bonds is 6. The maximum absolute atomic E-state index is 6.74. The summed E-state index contributed by atoms with van der Waals surface area (Å²) in [7, 11) is 0. The van der Waals surface area contributed by atoms with Crippen molar-refractivity contribution in [2.45, 2.75) is 0 Å². The molecule has 0 heterocycles. The first-order chi connectivity index (χ1) is 18.7. The summed E-state index contributed by atoms with van der Waals surface area (Å²) in [4.78, 5) is 0. The molecule has 0 aromatic heterocycles. The lowest BCUT2D eigenvalue weighted by Crippen LogP contribution is -1.97. The van der Waals surface area contributed by atoms with Crippen LogP contribution in [0.3, 0.4) is 0 Å². The largest absolute Gasteiger partial charge is 0.355 e. The summed E-state index contributed by atoms with van der Waals surface area (Å²) >= 11 is 6.74. The monoisotopic (exact) mass is 507 g/mol. The van der Waals surface area contributed by atoms with Crippen molar-refractivity contribution in [3.05, 3.63) is 157 Å². The van der Waals surface area contributed by atoms with E-state index in [0.29, 0.717) is 5.02 Å². The second kappa shape index (κ2) is 10.8. The van der Waals surface area contributed by atoms with Gasteiger partial charge in [-0.25, -0.2) is 0 Å². The molecule has 0 saturated heterocycles. The van der Waals surface area contributed by atoms with E-state index in [9.17, 15) is 0 Å². The van der Waals surface area contributed by atoms with Gasteiger partial charge in [0.05, 0.1) is 5.69 Å². The quantitative estimate of drug-likeness (QED) is 0.236. The molecule has 0 saturated carbocycles. The molecular formula is C36H26ClN. The fourth-order valence-electron chi connectivity index (χ4n) is 4.83. The molecule has 1 N–H and O–H groups in total. The Morgan fingerprint density at radius 3 is 1.42 bits per heavy atom.